The van der Waals surface area contributed by atoms with E-state index in [0.29, 0.717) is 16.9 Å². The van der Waals surface area contributed by atoms with Crippen LogP contribution in [0.3, 0.4) is 0 Å². The molecule has 0 bridgehead atoms. The molecule has 1 saturated heterocycles. The molecule has 0 aromatic heterocycles. The van der Waals surface area contributed by atoms with E-state index in [2.05, 4.69) is 16.0 Å². The lowest BCUT2D eigenvalue weighted by Crippen LogP contribution is -2.40. The fourth-order valence-corrected chi connectivity index (χ4v) is 3.79. The van der Waals surface area contributed by atoms with Gasteiger partial charge < -0.3 is 16.0 Å². The van der Waals surface area contributed by atoms with Gasteiger partial charge in [0, 0.05) is 18.2 Å². The van der Waals surface area contributed by atoms with E-state index >= 15 is 0 Å². The third-order valence-corrected chi connectivity index (χ3v) is 5.66. The molecule has 5 heteroatoms. The van der Waals surface area contributed by atoms with Crippen molar-refractivity contribution in [1.29, 1.82) is 0 Å². The first-order chi connectivity index (χ1) is 11.2. The fourth-order valence-electron chi connectivity index (χ4n) is 3.79. The first-order valence-electron chi connectivity index (χ1n) is 8.70. The van der Waals surface area contributed by atoms with Gasteiger partial charge >= 0.3 is 6.03 Å². The van der Waals surface area contributed by atoms with Crippen molar-refractivity contribution in [1.82, 2.24) is 16.0 Å². The Hall–Kier alpha value is -1.62. The van der Waals surface area contributed by atoms with Crippen LogP contribution in [0.4, 0.5) is 9.18 Å². The summed E-state index contributed by atoms with van der Waals surface area (Å²) >= 11 is 0. The number of carbonyl (C=O) groups is 1. The number of halogens is 1. The maximum Gasteiger partial charge on any atom is 0.315 e. The topological polar surface area (TPSA) is 53.2 Å². The molecule has 3 fully saturated rings. The number of hydrogen-bond donors (Lipinski definition) is 3. The van der Waals surface area contributed by atoms with E-state index in [0.717, 1.165) is 50.8 Å². The predicted octanol–water partition coefficient (Wildman–Crippen LogP) is 2.64. The predicted molar refractivity (Wildman–Crippen MR) is 86.7 cm³/mol. The third-order valence-electron chi connectivity index (χ3n) is 5.66. The van der Waals surface area contributed by atoms with Crippen LogP contribution in [0.1, 0.15) is 49.1 Å². The van der Waals surface area contributed by atoms with Crippen LogP contribution in [0.15, 0.2) is 18.2 Å². The van der Waals surface area contributed by atoms with Crippen molar-refractivity contribution in [3.8, 4) is 0 Å². The standard InChI is InChI=1S/C18H24FN3O/c19-15-9-13(12-1-2-12)3-4-14(15)11-21-17(23)22-16-10-18(16)5-7-20-8-6-18/h3-4,9,12,16,20H,1-2,5-8,10-11H2,(H2,21,22,23). The van der Waals surface area contributed by atoms with Crippen molar-refractivity contribution in [2.45, 2.75) is 50.6 Å². The van der Waals surface area contributed by atoms with Gasteiger partial charge in [-0.2, -0.15) is 0 Å². The van der Waals surface area contributed by atoms with Crippen LogP contribution in [-0.4, -0.2) is 25.2 Å². The van der Waals surface area contributed by atoms with E-state index in [4.69, 9.17) is 0 Å². The molecule has 1 aliphatic heterocycles. The number of benzene rings is 1. The second-order valence-corrected chi connectivity index (χ2v) is 7.32. The Morgan fingerprint density at radius 3 is 2.78 bits per heavy atom. The molecule has 124 valence electrons. The molecule has 2 aliphatic carbocycles. The van der Waals surface area contributed by atoms with Gasteiger partial charge in [-0.1, -0.05) is 12.1 Å². The molecule has 1 aromatic rings. The van der Waals surface area contributed by atoms with Crippen LogP contribution in [0, 0.1) is 11.2 Å². The van der Waals surface area contributed by atoms with Crippen LogP contribution < -0.4 is 16.0 Å². The van der Waals surface area contributed by atoms with Crippen molar-refractivity contribution in [2.24, 2.45) is 5.41 Å². The molecule has 3 aliphatic rings. The number of nitrogens with one attached hydrogen (secondary N) is 3. The molecule has 1 spiro atoms. The van der Waals surface area contributed by atoms with E-state index in [1.807, 2.05) is 6.07 Å². The minimum atomic E-state index is -0.212. The van der Waals surface area contributed by atoms with Gasteiger partial charge in [-0.05, 0) is 68.2 Å². The Labute approximate surface area is 136 Å². The lowest BCUT2D eigenvalue weighted by Gasteiger charge is -2.23. The Kier molecular flexibility index (Phi) is 3.76. The first-order valence-corrected chi connectivity index (χ1v) is 8.70. The Balaban J connectivity index is 1.27. The summed E-state index contributed by atoms with van der Waals surface area (Å²) in [7, 11) is 0. The summed E-state index contributed by atoms with van der Waals surface area (Å²) in [6.07, 6.45) is 5.67. The van der Waals surface area contributed by atoms with Crippen molar-refractivity contribution in [3.63, 3.8) is 0 Å². The fraction of sp³-hybridized carbons (Fsp3) is 0.611. The summed E-state index contributed by atoms with van der Waals surface area (Å²) in [5, 5.41) is 9.19. The lowest BCUT2D eigenvalue weighted by molar-refractivity contribution is 0.236. The van der Waals surface area contributed by atoms with Crippen molar-refractivity contribution < 1.29 is 9.18 Å². The molecule has 4 rings (SSSR count). The van der Waals surface area contributed by atoms with Crippen molar-refractivity contribution >= 4 is 6.03 Å². The third kappa shape index (κ3) is 3.20. The molecular formula is C18H24FN3O. The number of rotatable bonds is 4. The zero-order valence-electron chi connectivity index (χ0n) is 13.3. The first kappa shape index (κ1) is 14.9. The number of urea groups is 1. The van der Waals surface area contributed by atoms with Gasteiger partial charge in [-0.15, -0.1) is 0 Å². The van der Waals surface area contributed by atoms with Crippen LogP contribution >= 0.6 is 0 Å². The van der Waals surface area contributed by atoms with E-state index in [1.54, 1.807) is 12.1 Å². The van der Waals surface area contributed by atoms with Crippen LogP contribution in [0.2, 0.25) is 0 Å². The normalized spacial score (nSPS) is 25.2. The Bertz CT molecular complexity index is 608. The summed E-state index contributed by atoms with van der Waals surface area (Å²) in [5.41, 5.74) is 1.96. The van der Waals surface area contributed by atoms with Gasteiger partial charge in [-0.25, -0.2) is 9.18 Å². The van der Waals surface area contributed by atoms with Gasteiger partial charge in [-0.3, -0.25) is 0 Å². The average molecular weight is 317 g/mol. The number of carbonyl (C=O) groups excluding carboxylic acids is 1. The Morgan fingerprint density at radius 2 is 2.09 bits per heavy atom. The van der Waals surface area contributed by atoms with Gasteiger partial charge in [0.1, 0.15) is 5.82 Å². The SMILES string of the molecule is O=C(NCc1ccc(C2CC2)cc1F)NC1CC12CCNCC2. The highest BCUT2D eigenvalue weighted by atomic mass is 19.1. The molecule has 2 saturated carbocycles. The Morgan fingerprint density at radius 1 is 1.30 bits per heavy atom. The zero-order valence-corrected chi connectivity index (χ0v) is 13.3. The minimum absolute atomic E-state index is 0.184. The monoisotopic (exact) mass is 317 g/mol. The highest BCUT2D eigenvalue weighted by molar-refractivity contribution is 5.74. The zero-order chi connectivity index (χ0) is 15.9. The van der Waals surface area contributed by atoms with Crippen LogP contribution in [0.5, 0.6) is 0 Å². The van der Waals surface area contributed by atoms with Gasteiger partial charge in [0.15, 0.2) is 0 Å². The second kappa shape index (κ2) is 5.78. The molecule has 1 unspecified atom stereocenters. The quantitative estimate of drug-likeness (QED) is 0.799. The second-order valence-electron chi connectivity index (χ2n) is 7.32. The largest absolute Gasteiger partial charge is 0.335 e. The number of hydrogen-bond acceptors (Lipinski definition) is 2. The minimum Gasteiger partial charge on any atom is -0.335 e. The summed E-state index contributed by atoms with van der Waals surface area (Å²) in [5.74, 6) is 0.335. The molecule has 23 heavy (non-hydrogen) atoms. The maximum atomic E-state index is 14.1. The van der Waals surface area contributed by atoms with E-state index in [9.17, 15) is 9.18 Å². The van der Waals surface area contributed by atoms with Crippen molar-refractivity contribution in [2.75, 3.05) is 13.1 Å². The van der Waals surface area contributed by atoms with Crippen LogP contribution in [0.25, 0.3) is 0 Å². The van der Waals surface area contributed by atoms with Crippen molar-refractivity contribution in [3.05, 3.63) is 35.1 Å². The number of piperidine rings is 1. The lowest BCUT2D eigenvalue weighted by atomic mass is 9.94. The summed E-state index contributed by atoms with van der Waals surface area (Å²) in [6, 6.07) is 5.51. The molecule has 1 atom stereocenters. The number of amides is 2. The summed E-state index contributed by atoms with van der Waals surface area (Å²) in [6.45, 7) is 2.32. The maximum absolute atomic E-state index is 14.1. The molecule has 1 heterocycles. The molecule has 0 radical (unpaired) electrons. The highest BCUT2D eigenvalue weighted by Gasteiger charge is 2.54. The molecule has 4 nitrogen and oxygen atoms in total. The van der Waals surface area contributed by atoms with Gasteiger partial charge in [0.05, 0.1) is 0 Å². The van der Waals surface area contributed by atoms with E-state index < -0.39 is 0 Å². The van der Waals surface area contributed by atoms with Crippen LogP contribution in [-0.2, 0) is 6.54 Å². The summed E-state index contributed by atoms with van der Waals surface area (Å²) in [4.78, 5) is 12.0. The highest BCUT2D eigenvalue weighted by Crippen LogP contribution is 2.52. The van der Waals surface area contributed by atoms with E-state index in [-0.39, 0.29) is 24.4 Å². The molecular weight excluding hydrogens is 293 g/mol. The molecule has 3 N–H and O–H groups in total. The smallest absolute Gasteiger partial charge is 0.315 e. The molecule has 2 amide bonds. The van der Waals surface area contributed by atoms with Gasteiger partial charge in [0.25, 0.3) is 0 Å². The average Bonchev–Trinajstić information content (AvgIpc) is 3.46. The van der Waals surface area contributed by atoms with Gasteiger partial charge in [0.2, 0.25) is 0 Å². The molecule has 1 aromatic carbocycles. The van der Waals surface area contributed by atoms with E-state index in [1.165, 1.54) is 0 Å². The summed E-state index contributed by atoms with van der Waals surface area (Å²) < 4.78 is 14.1.